The molecule has 3 nitrogen and oxygen atoms in total. The lowest BCUT2D eigenvalue weighted by molar-refractivity contribution is 0.426. The Labute approximate surface area is 130 Å². The number of hydrogen-bond donors (Lipinski definition) is 3. The SMILES string of the molecule is OB(O)c1ccc(NC2C=CC(c3ccccc3)=CC2)cc1. The molecule has 0 bridgehead atoms. The normalized spacial score (nSPS) is 17.0. The molecule has 0 saturated heterocycles. The zero-order chi connectivity index (χ0) is 15.4. The third kappa shape index (κ3) is 3.48. The molecule has 1 atom stereocenters. The standard InChI is InChI=1S/C18H18BNO2/c21-19(22)16-8-12-18(13-9-16)20-17-10-6-15(7-11-17)14-4-2-1-3-5-14/h1-10,12-13,17,20-22H,11H2. The van der Waals surface area contributed by atoms with Gasteiger partial charge in [0.1, 0.15) is 0 Å². The van der Waals surface area contributed by atoms with E-state index in [-0.39, 0.29) is 6.04 Å². The summed E-state index contributed by atoms with van der Waals surface area (Å²) in [5.41, 5.74) is 3.95. The van der Waals surface area contributed by atoms with Gasteiger partial charge in [0.25, 0.3) is 0 Å². The van der Waals surface area contributed by atoms with E-state index in [0.717, 1.165) is 12.1 Å². The summed E-state index contributed by atoms with van der Waals surface area (Å²) >= 11 is 0. The van der Waals surface area contributed by atoms with Crippen LogP contribution in [0.25, 0.3) is 5.57 Å². The molecule has 4 heteroatoms. The van der Waals surface area contributed by atoms with Crippen LogP contribution in [-0.4, -0.2) is 23.2 Å². The van der Waals surface area contributed by atoms with Crippen LogP contribution in [0.4, 0.5) is 5.69 Å². The van der Waals surface area contributed by atoms with Gasteiger partial charge in [0, 0.05) is 11.7 Å². The summed E-state index contributed by atoms with van der Waals surface area (Å²) in [6, 6.07) is 17.7. The summed E-state index contributed by atoms with van der Waals surface area (Å²) in [5.74, 6) is 0. The van der Waals surface area contributed by atoms with Crippen molar-refractivity contribution in [3.63, 3.8) is 0 Å². The summed E-state index contributed by atoms with van der Waals surface area (Å²) in [6.45, 7) is 0. The minimum Gasteiger partial charge on any atom is -0.423 e. The molecule has 2 aromatic rings. The van der Waals surface area contributed by atoms with Gasteiger partial charge in [0.15, 0.2) is 0 Å². The molecule has 2 aromatic carbocycles. The van der Waals surface area contributed by atoms with Crippen LogP contribution < -0.4 is 10.8 Å². The summed E-state index contributed by atoms with van der Waals surface area (Å²) < 4.78 is 0. The predicted octanol–water partition coefficient (Wildman–Crippen LogP) is 2.19. The van der Waals surface area contributed by atoms with Crippen molar-refractivity contribution in [3.8, 4) is 0 Å². The monoisotopic (exact) mass is 291 g/mol. The van der Waals surface area contributed by atoms with Crippen molar-refractivity contribution >= 4 is 23.8 Å². The fourth-order valence-corrected chi connectivity index (χ4v) is 2.54. The number of allylic oxidation sites excluding steroid dienone is 2. The summed E-state index contributed by atoms with van der Waals surface area (Å²) in [5, 5.41) is 21.6. The Morgan fingerprint density at radius 2 is 1.68 bits per heavy atom. The second kappa shape index (κ2) is 6.64. The maximum atomic E-state index is 9.09. The fourth-order valence-electron chi connectivity index (χ4n) is 2.54. The van der Waals surface area contributed by atoms with E-state index in [1.165, 1.54) is 11.1 Å². The molecule has 0 saturated carbocycles. The van der Waals surface area contributed by atoms with Crippen molar-refractivity contribution in [2.24, 2.45) is 0 Å². The Balaban J connectivity index is 1.62. The van der Waals surface area contributed by atoms with Gasteiger partial charge in [0.2, 0.25) is 0 Å². The summed E-state index contributed by atoms with van der Waals surface area (Å²) in [4.78, 5) is 0. The van der Waals surface area contributed by atoms with Crippen molar-refractivity contribution in [1.82, 2.24) is 0 Å². The first-order chi connectivity index (χ1) is 10.7. The highest BCUT2D eigenvalue weighted by Gasteiger charge is 2.12. The average molecular weight is 291 g/mol. The highest BCUT2D eigenvalue weighted by molar-refractivity contribution is 6.58. The lowest BCUT2D eigenvalue weighted by atomic mass is 9.80. The highest BCUT2D eigenvalue weighted by atomic mass is 16.4. The Hall–Kier alpha value is -2.30. The molecule has 3 N–H and O–H groups in total. The van der Waals surface area contributed by atoms with Crippen LogP contribution in [0.5, 0.6) is 0 Å². The van der Waals surface area contributed by atoms with E-state index in [1.807, 2.05) is 30.3 Å². The Bertz CT molecular complexity index is 678. The highest BCUT2D eigenvalue weighted by Crippen LogP contribution is 2.22. The lowest BCUT2D eigenvalue weighted by Gasteiger charge is -2.19. The fraction of sp³-hybridized carbons (Fsp3) is 0.111. The first-order valence-corrected chi connectivity index (χ1v) is 7.39. The Morgan fingerprint density at radius 3 is 2.27 bits per heavy atom. The van der Waals surface area contributed by atoms with Gasteiger partial charge in [-0.15, -0.1) is 0 Å². The van der Waals surface area contributed by atoms with Crippen LogP contribution >= 0.6 is 0 Å². The molecule has 0 aliphatic heterocycles. The van der Waals surface area contributed by atoms with Crippen molar-refractivity contribution < 1.29 is 10.0 Å². The molecule has 0 amide bonds. The first kappa shape index (κ1) is 14.6. The van der Waals surface area contributed by atoms with Gasteiger partial charge in [0.05, 0.1) is 0 Å². The molecule has 0 heterocycles. The molecular formula is C18H18BNO2. The Morgan fingerprint density at radius 1 is 0.955 bits per heavy atom. The van der Waals surface area contributed by atoms with E-state index < -0.39 is 7.12 Å². The van der Waals surface area contributed by atoms with Crippen molar-refractivity contribution in [3.05, 3.63) is 78.4 Å². The molecule has 0 aromatic heterocycles. The zero-order valence-electron chi connectivity index (χ0n) is 12.2. The molecule has 22 heavy (non-hydrogen) atoms. The van der Waals surface area contributed by atoms with Crippen LogP contribution in [0, 0.1) is 0 Å². The smallest absolute Gasteiger partial charge is 0.423 e. The quantitative estimate of drug-likeness (QED) is 0.757. The van der Waals surface area contributed by atoms with Crippen molar-refractivity contribution in [1.29, 1.82) is 0 Å². The number of rotatable bonds is 4. The van der Waals surface area contributed by atoms with Crippen LogP contribution in [0.15, 0.2) is 72.8 Å². The van der Waals surface area contributed by atoms with Crippen LogP contribution in [0.3, 0.4) is 0 Å². The van der Waals surface area contributed by atoms with E-state index >= 15 is 0 Å². The molecule has 0 fully saturated rings. The van der Waals surface area contributed by atoms with E-state index in [9.17, 15) is 0 Å². The molecule has 1 aliphatic carbocycles. The molecule has 1 unspecified atom stereocenters. The third-order valence-electron chi connectivity index (χ3n) is 3.77. The summed E-state index contributed by atoms with van der Waals surface area (Å²) in [7, 11) is -1.42. The van der Waals surface area contributed by atoms with E-state index in [0.29, 0.717) is 5.46 Å². The molecular weight excluding hydrogens is 273 g/mol. The summed E-state index contributed by atoms with van der Waals surface area (Å²) in [6.07, 6.45) is 7.46. The van der Waals surface area contributed by atoms with E-state index in [1.54, 1.807) is 12.1 Å². The molecule has 0 radical (unpaired) electrons. The predicted molar refractivity (Wildman–Crippen MR) is 91.9 cm³/mol. The van der Waals surface area contributed by atoms with Crippen LogP contribution in [0.2, 0.25) is 0 Å². The second-order valence-corrected chi connectivity index (χ2v) is 5.37. The molecule has 0 spiro atoms. The van der Waals surface area contributed by atoms with Gasteiger partial charge in [-0.3, -0.25) is 0 Å². The molecule has 110 valence electrons. The minimum absolute atomic E-state index is 0.248. The van der Waals surface area contributed by atoms with Gasteiger partial charge in [-0.05, 0) is 35.2 Å². The third-order valence-corrected chi connectivity index (χ3v) is 3.77. The Kier molecular flexibility index (Phi) is 4.42. The number of benzene rings is 2. The minimum atomic E-state index is -1.42. The van der Waals surface area contributed by atoms with Gasteiger partial charge >= 0.3 is 7.12 Å². The van der Waals surface area contributed by atoms with Crippen molar-refractivity contribution in [2.75, 3.05) is 5.32 Å². The van der Waals surface area contributed by atoms with Gasteiger partial charge in [-0.25, -0.2) is 0 Å². The number of hydrogen-bond acceptors (Lipinski definition) is 3. The van der Waals surface area contributed by atoms with Gasteiger partial charge < -0.3 is 15.4 Å². The molecule has 3 rings (SSSR count). The lowest BCUT2D eigenvalue weighted by Crippen LogP contribution is -2.29. The number of anilines is 1. The van der Waals surface area contributed by atoms with E-state index in [4.69, 9.17) is 10.0 Å². The average Bonchev–Trinajstić information content (AvgIpc) is 2.57. The maximum Gasteiger partial charge on any atom is 0.488 e. The number of nitrogens with one attached hydrogen (secondary N) is 1. The zero-order valence-corrected chi connectivity index (χ0v) is 12.2. The van der Waals surface area contributed by atoms with Gasteiger partial charge in [-0.1, -0.05) is 60.7 Å². The maximum absolute atomic E-state index is 9.09. The first-order valence-electron chi connectivity index (χ1n) is 7.39. The van der Waals surface area contributed by atoms with Crippen LogP contribution in [-0.2, 0) is 0 Å². The largest absolute Gasteiger partial charge is 0.488 e. The topological polar surface area (TPSA) is 52.5 Å². The molecule has 1 aliphatic rings. The second-order valence-electron chi connectivity index (χ2n) is 5.37. The van der Waals surface area contributed by atoms with Gasteiger partial charge in [-0.2, -0.15) is 0 Å². The van der Waals surface area contributed by atoms with Crippen LogP contribution in [0.1, 0.15) is 12.0 Å². The van der Waals surface area contributed by atoms with Crippen molar-refractivity contribution in [2.45, 2.75) is 12.5 Å². The van der Waals surface area contributed by atoms with E-state index in [2.05, 4.69) is 35.7 Å².